The Morgan fingerprint density at radius 2 is 1.64 bits per heavy atom. The first kappa shape index (κ1) is 20.3. The molecule has 3 aromatic rings. The predicted molar refractivity (Wildman–Crippen MR) is 114 cm³/mol. The molecular weight excluding hydrogens is 416 g/mol. The van der Waals surface area contributed by atoms with Crippen LogP contribution in [0.5, 0.6) is 0 Å². The number of sulfonamides is 1. The molecule has 0 saturated heterocycles. The third-order valence-corrected chi connectivity index (χ3v) is 6.36. The van der Waals surface area contributed by atoms with E-state index in [1.165, 1.54) is 23.9 Å². The van der Waals surface area contributed by atoms with E-state index < -0.39 is 10.0 Å². The maximum absolute atomic E-state index is 12.6. The van der Waals surface area contributed by atoms with Crippen LogP contribution >= 0.6 is 23.4 Å². The Kier molecular flexibility index (Phi) is 6.61. The van der Waals surface area contributed by atoms with Crippen LogP contribution in [-0.4, -0.2) is 20.1 Å². The van der Waals surface area contributed by atoms with Gasteiger partial charge in [0.15, 0.2) is 0 Å². The van der Waals surface area contributed by atoms with Gasteiger partial charge in [-0.1, -0.05) is 48.0 Å². The molecule has 0 aliphatic rings. The molecule has 8 heteroatoms. The number of hydrogen-bond donors (Lipinski definition) is 2. The minimum absolute atomic E-state index is 0.0286. The number of thioether (sulfide) groups is 1. The fourth-order valence-corrected chi connectivity index (χ4v) is 4.44. The maximum atomic E-state index is 12.6. The molecule has 3 rings (SSSR count). The Labute approximate surface area is 173 Å². The lowest BCUT2D eigenvalue weighted by molar-refractivity contribution is -0.113. The molecule has 0 fully saturated rings. The zero-order valence-electron chi connectivity index (χ0n) is 14.6. The molecule has 0 bridgehead atoms. The van der Waals surface area contributed by atoms with Crippen molar-refractivity contribution in [3.8, 4) is 0 Å². The Bertz CT molecular complexity index is 1070. The summed E-state index contributed by atoms with van der Waals surface area (Å²) < 4.78 is 27.7. The van der Waals surface area contributed by atoms with Crippen molar-refractivity contribution in [1.29, 1.82) is 0 Å². The van der Waals surface area contributed by atoms with Crippen LogP contribution in [-0.2, 0) is 14.8 Å². The lowest BCUT2D eigenvalue weighted by Crippen LogP contribution is -2.16. The summed E-state index contributed by atoms with van der Waals surface area (Å²) in [5.74, 6) is 0.00115. The fourth-order valence-electron chi connectivity index (χ4n) is 2.35. The van der Waals surface area contributed by atoms with Crippen LogP contribution in [0.4, 0.5) is 11.4 Å². The molecule has 0 unspecified atom stereocenters. The standard InChI is InChI=1S/C20H17ClN2O3S2/c21-18-11-4-5-12-19(18)23-28(25,26)17-10-6-7-15(13-17)22-20(24)14-27-16-8-2-1-3-9-16/h1-13,23H,14H2,(H,22,24). The van der Waals surface area contributed by atoms with Gasteiger partial charge in [0, 0.05) is 10.6 Å². The molecule has 28 heavy (non-hydrogen) atoms. The summed E-state index contributed by atoms with van der Waals surface area (Å²) in [7, 11) is -3.84. The molecular formula is C20H17ClN2O3S2. The summed E-state index contributed by atoms with van der Waals surface area (Å²) in [5.41, 5.74) is 0.693. The van der Waals surface area contributed by atoms with E-state index in [2.05, 4.69) is 10.0 Å². The molecule has 3 aromatic carbocycles. The van der Waals surface area contributed by atoms with Gasteiger partial charge in [-0.05, 0) is 42.5 Å². The number of para-hydroxylation sites is 1. The van der Waals surface area contributed by atoms with E-state index >= 15 is 0 Å². The first-order valence-corrected chi connectivity index (χ1v) is 11.1. The Morgan fingerprint density at radius 1 is 0.929 bits per heavy atom. The quantitative estimate of drug-likeness (QED) is 0.522. The molecule has 1 amide bonds. The number of rotatable bonds is 7. The fraction of sp³-hybridized carbons (Fsp3) is 0.0500. The number of anilines is 2. The number of halogens is 1. The van der Waals surface area contributed by atoms with Gasteiger partial charge in [0.1, 0.15) is 0 Å². The van der Waals surface area contributed by atoms with Crippen LogP contribution < -0.4 is 10.0 Å². The SMILES string of the molecule is O=C(CSc1ccccc1)Nc1cccc(S(=O)(=O)Nc2ccccc2Cl)c1. The normalized spacial score (nSPS) is 11.0. The Balaban J connectivity index is 1.67. The van der Waals surface area contributed by atoms with Gasteiger partial charge in [0.25, 0.3) is 10.0 Å². The molecule has 5 nitrogen and oxygen atoms in total. The monoisotopic (exact) mass is 432 g/mol. The van der Waals surface area contributed by atoms with E-state index in [9.17, 15) is 13.2 Å². The van der Waals surface area contributed by atoms with Crippen molar-refractivity contribution < 1.29 is 13.2 Å². The minimum atomic E-state index is -3.84. The van der Waals surface area contributed by atoms with Crippen LogP contribution in [0.2, 0.25) is 5.02 Å². The summed E-state index contributed by atoms with van der Waals surface area (Å²) in [6, 6.07) is 22.2. The maximum Gasteiger partial charge on any atom is 0.262 e. The summed E-state index contributed by atoms with van der Waals surface area (Å²) in [5, 5.41) is 3.02. The topological polar surface area (TPSA) is 75.3 Å². The average Bonchev–Trinajstić information content (AvgIpc) is 2.69. The molecule has 2 N–H and O–H groups in total. The summed E-state index contributed by atoms with van der Waals surface area (Å²) in [6.07, 6.45) is 0. The van der Waals surface area contributed by atoms with Gasteiger partial charge in [-0.15, -0.1) is 11.8 Å². The van der Waals surface area contributed by atoms with Crippen molar-refractivity contribution in [3.05, 3.63) is 83.9 Å². The van der Waals surface area contributed by atoms with Crippen LogP contribution in [0.15, 0.2) is 88.7 Å². The highest BCUT2D eigenvalue weighted by Crippen LogP contribution is 2.25. The Hall–Kier alpha value is -2.48. The van der Waals surface area contributed by atoms with Crippen molar-refractivity contribution in [2.75, 3.05) is 15.8 Å². The highest BCUT2D eigenvalue weighted by Gasteiger charge is 2.16. The van der Waals surface area contributed by atoms with Gasteiger partial charge in [-0.3, -0.25) is 9.52 Å². The largest absolute Gasteiger partial charge is 0.325 e. The molecule has 0 spiro atoms. The molecule has 144 valence electrons. The van der Waals surface area contributed by atoms with Crippen molar-refractivity contribution in [2.24, 2.45) is 0 Å². The number of carbonyl (C=O) groups excluding carboxylic acids is 1. The molecule has 0 aliphatic carbocycles. The summed E-state index contributed by atoms with van der Waals surface area (Å²) in [6.45, 7) is 0. The number of amides is 1. The van der Waals surface area contributed by atoms with Gasteiger partial charge in [-0.2, -0.15) is 0 Å². The number of benzene rings is 3. The molecule has 0 saturated carbocycles. The molecule has 0 heterocycles. The van der Waals surface area contributed by atoms with E-state index in [0.29, 0.717) is 10.7 Å². The van der Waals surface area contributed by atoms with Gasteiger partial charge < -0.3 is 5.32 Å². The third-order valence-electron chi connectivity index (χ3n) is 3.66. The highest BCUT2D eigenvalue weighted by molar-refractivity contribution is 8.00. The van der Waals surface area contributed by atoms with Gasteiger partial charge >= 0.3 is 0 Å². The van der Waals surface area contributed by atoms with Crippen molar-refractivity contribution in [3.63, 3.8) is 0 Å². The van der Waals surface area contributed by atoms with Crippen LogP contribution in [0.1, 0.15) is 0 Å². The first-order valence-electron chi connectivity index (χ1n) is 8.29. The summed E-state index contributed by atoms with van der Waals surface area (Å²) in [4.78, 5) is 13.2. The minimum Gasteiger partial charge on any atom is -0.325 e. The van der Waals surface area contributed by atoms with Crippen LogP contribution in [0.25, 0.3) is 0 Å². The van der Waals surface area contributed by atoms with Crippen molar-refractivity contribution in [1.82, 2.24) is 0 Å². The molecule has 0 atom stereocenters. The molecule has 0 radical (unpaired) electrons. The van der Waals surface area contributed by atoms with Crippen LogP contribution in [0.3, 0.4) is 0 Å². The van der Waals surface area contributed by atoms with E-state index in [4.69, 9.17) is 11.6 Å². The van der Waals surface area contributed by atoms with Gasteiger partial charge in [-0.25, -0.2) is 8.42 Å². The zero-order valence-corrected chi connectivity index (χ0v) is 17.0. The van der Waals surface area contributed by atoms with Gasteiger partial charge in [0.2, 0.25) is 5.91 Å². The van der Waals surface area contributed by atoms with E-state index in [1.807, 2.05) is 30.3 Å². The highest BCUT2D eigenvalue weighted by atomic mass is 35.5. The molecule has 0 aromatic heterocycles. The first-order chi connectivity index (χ1) is 13.4. The van der Waals surface area contributed by atoms with E-state index in [0.717, 1.165) is 4.90 Å². The second-order valence-electron chi connectivity index (χ2n) is 5.76. The number of carbonyl (C=O) groups is 1. The van der Waals surface area contributed by atoms with E-state index in [-0.39, 0.29) is 22.2 Å². The van der Waals surface area contributed by atoms with E-state index in [1.54, 1.807) is 36.4 Å². The van der Waals surface area contributed by atoms with Crippen molar-refractivity contribution in [2.45, 2.75) is 9.79 Å². The lowest BCUT2D eigenvalue weighted by atomic mass is 10.3. The number of hydrogen-bond acceptors (Lipinski definition) is 4. The third kappa shape index (κ3) is 5.51. The summed E-state index contributed by atoms with van der Waals surface area (Å²) >= 11 is 7.42. The predicted octanol–water partition coefficient (Wildman–Crippen LogP) is 4.87. The van der Waals surface area contributed by atoms with Crippen molar-refractivity contribution >= 4 is 50.7 Å². The second-order valence-corrected chi connectivity index (χ2v) is 8.90. The second kappa shape index (κ2) is 9.14. The molecule has 0 aliphatic heterocycles. The smallest absolute Gasteiger partial charge is 0.262 e. The number of nitrogens with one attached hydrogen (secondary N) is 2. The van der Waals surface area contributed by atoms with Gasteiger partial charge in [0.05, 0.1) is 21.4 Å². The zero-order chi connectivity index (χ0) is 20.0. The Morgan fingerprint density at radius 3 is 2.39 bits per heavy atom. The van der Waals surface area contributed by atoms with Crippen LogP contribution in [0, 0.1) is 0 Å². The average molecular weight is 433 g/mol. The lowest BCUT2D eigenvalue weighted by Gasteiger charge is -2.11.